The molecule has 1 heterocycles. The zero-order chi connectivity index (χ0) is 11.2. The van der Waals surface area contributed by atoms with Gasteiger partial charge in [0, 0.05) is 6.42 Å². The van der Waals surface area contributed by atoms with E-state index in [1.807, 2.05) is 19.9 Å². The predicted molar refractivity (Wildman–Crippen MR) is 55.2 cm³/mol. The third-order valence-corrected chi connectivity index (χ3v) is 3.34. The van der Waals surface area contributed by atoms with Gasteiger partial charge in [-0.1, -0.05) is 6.08 Å². The molecule has 2 aliphatic rings. The molecule has 0 aromatic carbocycles. The number of carbonyl (C=O) groups excluding carboxylic acids is 2. The quantitative estimate of drug-likeness (QED) is 0.569. The molecule has 0 N–H and O–H groups in total. The van der Waals surface area contributed by atoms with Crippen LogP contribution in [0, 0.1) is 0 Å². The maximum atomic E-state index is 12.1. The van der Waals surface area contributed by atoms with Gasteiger partial charge in [-0.3, -0.25) is 9.59 Å². The second-order valence-electron chi connectivity index (χ2n) is 4.27. The van der Waals surface area contributed by atoms with Gasteiger partial charge >= 0.3 is 5.97 Å². The van der Waals surface area contributed by atoms with Crippen LogP contribution in [0.4, 0.5) is 0 Å². The van der Waals surface area contributed by atoms with Crippen molar-refractivity contribution < 1.29 is 14.3 Å². The van der Waals surface area contributed by atoms with Crippen molar-refractivity contribution in [1.29, 1.82) is 0 Å². The van der Waals surface area contributed by atoms with Crippen molar-refractivity contribution in [1.82, 2.24) is 0 Å². The molecule has 15 heavy (non-hydrogen) atoms. The molecule has 1 saturated heterocycles. The average Bonchev–Trinajstić information content (AvgIpc) is 2.57. The van der Waals surface area contributed by atoms with Gasteiger partial charge in [0.1, 0.15) is 0 Å². The predicted octanol–water partition coefficient (Wildman–Crippen LogP) is 1.93. The van der Waals surface area contributed by atoms with E-state index in [1.54, 1.807) is 6.92 Å². The van der Waals surface area contributed by atoms with Crippen molar-refractivity contribution in [3.05, 3.63) is 22.8 Å². The van der Waals surface area contributed by atoms with Crippen LogP contribution in [-0.2, 0) is 14.3 Å². The Bertz CT molecular complexity index is 411. The lowest BCUT2D eigenvalue weighted by atomic mass is 9.78. The summed E-state index contributed by atoms with van der Waals surface area (Å²) in [5.74, 6) is -0.325. The van der Waals surface area contributed by atoms with E-state index in [0.29, 0.717) is 18.4 Å². The molecule has 1 aliphatic heterocycles. The van der Waals surface area contributed by atoms with Crippen molar-refractivity contribution in [3.63, 3.8) is 0 Å². The van der Waals surface area contributed by atoms with Crippen LogP contribution in [-0.4, -0.2) is 17.4 Å². The van der Waals surface area contributed by atoms with Gasteiger partial charge in [0.25, 0.3) is 0 Å². The number of ether oxygens (including phenoxy) is 1. The molecule has 2 rings (SSSR count). The first-order valence-corrected chi connectivity index (χ1v) is 5.10. The fraction of sp³-hybridized carbons (Fsp3) is 0.500. The molecule has 3 heteroatoms. The lowest BCUT2D eigenvalue weighted by Gasteiger charge is -2.31. The molecule has 0 saturated carbocycles. The van der Waals surface area contributed by atoms with Crippen LogP contribution in [0.25, 0.3) is 0 Å². The summed E-state index contributed by atoms with van der Waals surface area (Å²) in [5, 5.41) is 0. The Hall–Kier alpha value is -1.38. The second kappa shape index (κ2) is 3.05. The van der Waals surface area contributed by atoms with Crippen molar-refractivity contribution in [2.45, 2.75) is 39.2 Å². The Morgan fingerprint density at radius 2 is 1.93 bits per heavy atom. The van der Waals surface area contributed by atoms with Crippen LogP contribution >= 0.6 is 0 Å². The zero-order valence-corrected chi connectivity index (χ0v) is 9.22. The molecule has 0 radical (unpaired) electrons. The largest absolute Gasteiger partial charge is 0.446 e. The highest BCUT2D eigenvalue weighted by Gasteiger charge is 2.50. The van der Waals surface area contributed by atoms with E-state index in [-0.39, 0.29) is 11.8 Å². The first-order valence-electron chi connectivity index (χ1n) is 5.10. The lowest BCUT2D eigenvalue weighted by Crippen LogP contribution is -2.42. The van der Waals surface area contributed by atoms with Gasteiger partial charge in [-0.2, -0.15) is 0 Å². The van der Waals surface area contributed by atoms with Gasteiger partial charge in [-0.15, -0.1) is 0 Å². The van der Waals surface area contributed by atoms with Crippen LogP contribution in [0.1, 0.15) is 33.6 Å². The molecule has 1 atom stereocenters. The Labute approximate surface area is 88.8 Å². The number of rotatable bonds is 0. The van der Waals surface area contributed by atoms with Gasteiger partial charge in [-0.05, 0) is 37.5 Å². The van der Waals surface area contributed by atoms with Crippen LogP contribution < -0.4 is 0 Å². The monoisotopic (exact) mass is 206 g/mol. The molecule has 0 amide bonds. The highest BCUT2D eigenvalue weighted by Crippen LogP contribution is 2.40. The average molecular weight is 206 g/mol. The topological polar surface area (TPSA) is 43.4 Å². The highest BCUT2D eigenvalue weighted by atomic mass is 16.6. The van der Waals surface area contributed by atoms with Gasteiger partial charge in [0.15, 0.2) is 5.60 Å². The standard InChI is InChI=1S/C12H14O3/c1-7-6-8(2)12(11(14)9(7)3)5-4-10(13)15-12/h6H,4-5H2,1-3H3/t12-/m0/s1. The van der Waals surface area contributed by atoms with Gasteiger partial charge in [0.05, 0.1) is 6.42 Å². The zero-order valence-electron chi connectivity index (χ0n) is 9.22. The summed E-state index contributed by atoms with van der Waals surface area (Å²) in [4.78, 5) is 23.3. The van der Waals surface area contributed by atoms with Gasteiger partial charge in [0.2, 0.25) is 5.78 Å². The third-order valence-electron chi connectivity index (χ3n) is 3.34. The van der Waals surface area contributed by atoms with E-state index in [2.05, 4.69) is 0 Å². The molecule has 0 aromatic heterocycles. The smallest absolute Gasteiger partial charge is 0.307 e. The molecular formula is C12H14O3. The van der Waals surface area contributed by atoms with Crippen molar-refractivity contribution in [3.8, 4) is 0 Å². The minimum absolute atomic E-state index is 0.0501. The van der Waals surface area contributed by atoms with Crippen molar-refractivity contribution in [2.75, 3.05) is 0 Å². The van der Waals surface area contributed by atoms with E-state index in [9.17, 15) is 9.59 Å². The maximum Gasteiger partial charge on any atom is 0.307 e. The summed E-state index contributed by atoms with van der Waals surface area (Å²) in [7, 11) is 0. The van der Waals surface area contributed by atoms with Crippen LogP contribution in [0.3, 0.4) is 0 Å². The fourth-order valence-electron chi connectivity index (χ4n) is 2.22. The van der Waals surface area contributed by atoms with Crippen LogP contribution in [0.5, 0.6) is 0 Å². The van der Waals surface area contributed by atoms with Crippen LogP contribution in [0.2, 0.25) is 0 Å². The van der Waals surface area contributed by atoms with Crippen molar-refractivity contribution in [2.24, 2.45) is 0 Å². The second-order valence-corrected chi connectivity index (χ2v) is 4.27. The number of Topliss-reactive ketones (excluding diaryl/α,β-unsaturated/α-hetero) is 1. The molecule has 1 aliphatic carbocycles. The van der Waals surface area contributed by atoms with E-state index in [1.165, 1.54) is 0 Å². The Kier molecular flexibility index (Phi) is 2.07. The minimum atomic E-state index is -0.972. The molecule has 0 aromatic rings. The summed E-state index contributed by atoms with van der Waals surface area (Å²) in [6.07, 6.45) is 2.76. The summed E-state index contributed by atoms with van der Waals surface area (Å²) in [5.41, 5.74) is 1.54. The number of hydrogen-bond acceptors (Lipinski definition) is 3. The number of ketones is 1. The summed E-state index contributed by atoms with van der Waals surface area (Å²) in [6, 6.07) is 0. The summed E-state index contributed by atoms with van der Waals surface area (Å²) < 4.78 is 5.24. The molecule has 1 fully saturated rings. The Morgan fingerprint density at radius 3 is 2.47 bits per heavy atom. The van der Waals surface area contributed by atoms with Crippen LogP contribution in [0.15, 0.2) is 22.8 Å². The van der Waals surface area contributed by atoms with Gasteiger partial charge in [-0.25, -0.2) is 0 Å². The summed E-state index contributed by atoms with van der Waals surface area (Å²) in [6.45, 7) is 5.54. The molecule has 0 bridgehead atoms. The fourth-order valence-corrected chi connectivity index (χ4v) is 2.22. The minimum Gasteiger partial charge on any atom is -0.446 e. The highest BCUT2D eigenvalue weighted by molar-refractivity contribution is 6.08. The molecular weight excluding hydrogens is 192 g/mol. The number of hydrogen-bond donors (Lipinski definition) is 0. The van der Waals surface area contributed by atoms with Gasteiger partial charge < -0.3 is 4.74 Å². The maximum absolute atomic E-state index is 12.1. The lowest BCUT2D eigenvalue weighted by molar-refractivity contribution is -0.152. The number of esters is 1. The van der Waals surface area contributed by atoms with E-state index >= 15 is 0 Å². The first-order chi connectivity index (χ1) is 6.97. The molecule has 3 nitrogen and oxygen atoms in total. The third kappa shape index (κ3) is 1.26. The Balaban J connectivity index is 2.49. The molecule has 80 valence electrons. The van der Waals surface area contributed by atoms with E-state index < -0.39 is 5.60 Å². The van der Waals surface area contributed by atoms with E-state index in [0.717, 1.165) is 11.1 Å². The number of allylic oxidation sites excluding steroid dienone is 2. The molecule has 0 unspecified atom stereocenters. The Morgan fingerprint density at radius 1 is 1.27 bits per heavy atom. The SMILES string of the molecule is CC1=CC(C)=C(C)C(=O)[C@]12CCC(=O)O2. The molecule has 1 spiro atoms. The van der Waals surface area contributed by atoms with Crippen molar-refractivity contribution >= 4 is 11.8 Å². The number of carbonyl (C=O) groups is 2. The van der Waals surface area contributed by atoms with E-state index in [4.69, 9.17) is 4.74 Å². The first kappa shape index (κ1) is 10.1. The normalized spacial score (nSPS) is 31.0. The summed E-state index contributed by atoms with van der Waals surface area (Å²) >= 11 is 0.